The molecule has 1 N–H and O–H groups in total. The monoisotopic (exact) mass is 384 g/mol. The van der Waals surface area contributed by atoms with Gasteiger partial charge < -0.3 is 5.32 Å². The lowest BCUT2D eigenvalue weighted by atomic mass is 9.97. The third kappa shape index (κ3) is 3.84. The minimum Gasteiger partial charge on any atom is -0.359 e. The van der Waals surface area contributed by atoms with E-state index in [2.05, 4.69) is 5.32 Å². The molecule has 1 fully saturated rings. The van der Waals surface area contributed by atoms with E-state index in [-0.39, 0.29) is 29.9 Å². The highest BCUT2D eigenvalue weighted by molar-refractivity contribution is 7.89. The van der Waals surface area contributed by atoms with Gasteiger partial charge in [-0.25, -0.2) is 8.42 Å². The molecule has 1 aliphatic rings. The van der Waals surface area contributed by atoms with E-state index in [4.69, 9.17) is 11.6 Å². The van der Waals surface area contributed by atoms with Crippen molar-refractivity contribution >= 4 is 27.5 Å². The maximum absolute atomic E-state index is 12.8. The highest BCUT2D eigenvalue weighted by Crippen LogP contribution is 2.35. The Morgan fingerprint density at radius 1 is 1.29 bits per heavy atom. The topological polar surface area (TPSA) is 66.5 Å². The summed E-state index contributed by atoms with van der Waals surface area (Å²) in [5, 5.41) is 2.23. The van der Waals surface area contributed by atoms with Crippen molar-refractivity contribution in [3.63, 3.8) is 0 Å². The summed E-state index contributed by atoms with van der Waals surface area (Å²) in [6.45, 7) is 0.0972. The number of nitrogens with one attached hydrogen (secondary N) is 1. The van der Waals surface area contributed by atoms with Gasteiger partial charge in [-0.05, 0) is 31.0 Å². The van der Waals surface area contributed by atoms with Crippen molar-refractivity contribution in [2.24, 2.45) is 5.92 Å². The van der Waals surface area contributed by atoms with Crippen LogP contribution in [0.5, 0.6) is 0 Å². The minimum atomic E-state index is -4.67. The molecule has 1 aromatic rings. The van der Waals surface area contributed by atoms with Crippen molar-refractivity contribution in [3.8, 4) is 0 Å². The number of sulfonamides is 1. The Morgan fingerprint density at radius 3 is 2.38 bits per heavy atom. The Morgan fingerprint density at radius 2 is 1.88 bits per heavy atom. The summed E-state index contributed by atoms with van der Waals surface area (Å²) >= 11 is 5.81. The molecule has 1 amide bonds. The summed E-state index contributed by atoms with van der Waals surface area (Å²) in [6, 6.07) is 2.20. The average molecular weight is 385 g/mol. The average Bonchev–Trinajstić information content (AvgIpc) is 2.53. The fourth-order valence-electron chi connectivity index (χ4n) is 2.58. The second-order valence-electron chi connectivity index (χ2n) is 5.44. The second-order valence-corrected chi connectivity index (χ2v) is 7.75. The van der Waals surface area contributed by atoms with Crippen LogP contribution in [0.15, 0.2) is 23.1 Å². The maximum atomic E-state index is 12.8. The first-order valence-corrected chi connectivity index (χ1v) is 8.97. The van der Waals surface area contributed by atoms with E-state index in [1.54, 1.807) is 0 Å². The number of hydrogen-bond acceptors (Lipinski definition) is 3. The first-order chi connectivity index (χ1) is 11.1. The third-order valence-electron chi connectivity index (χ3n) is 3.95. The number of piperidine rings is 1. The zero-order valence-corrected chi connectivity index (χ0v) is 14.3. The molecule has 2 rings (SSSR count). The highest BCUT2D eigenvalue weighted by Gasteiger charge is 2.36. The van der Waals surface area contributed by atoms with Gasteiger partial charge in [-0.1, -0.05) is 11.6 Å². The van der Waals surface area contributed by atoms with Gasteiger partial charge in [0.1, 0.15) is 4.90 Å². The molecular formula is C14H16ClF3N2O3S. The molecule has 1 saturated heterocycles. The predicted octanol–water partition coefficient (Wildman–Crippen LogP) is 2.51. The molecule has 0 saturated carbocycles. The van der Waals surface area contributed by atoms with E-state index < -0.39 is 26.7 Å². The van der Waals surface area contributed by atoms with Gasteiger partial charge in [0.2, 0.25) is 15.9 Å². The maximum Gasteiger partial charge on any atom is 0.416 e. The van der Waals surface area contributed by atoms with Crippen LogP contribution in [0, 0.1) is 5.92 Å². The lowest BCUT2D eigenvalue weighted by Crippen LogP contribution is -2.42. The molecule has 24 heavy (non-hydrogen) atoms. The van der Waals surface area contributed by atoms with Gasteiger partial charge in [-0.3, -0.25) is 4.79 Å². The quantitative estimate of drug-likeness (QED) is 0.870. The number of halogens is 4. The Labute approximate surface area is 142 Å². The van der Waals surface area contributed by atoms with Crippen LogP contribution in [-0.2, 0) is 21.0 Å². The van der Waals surface area contributed by atoms with E-state index in [0.717, 1.165) is 16.4 Å². The first kappa shape index (κ1) is 19.0. The zero-order chi connectivity index (χ0) is 18.1. The lowest BCUT2D eigenvalue weighted by molar-refractivity contribution is -0.137. The Kier molecular flexibility index (Phi) is 5.46. The summed E-state index contributed by atoms with van der Waals surface area (Å²) in [6.07, 6.45) is -4.06. The van der Waals surface area contributed by atoms with Crippen molar-refractivity contribution in [3.05, 3.63) is 28.8 Å². The fraction of sp³-hybridized carbons (Fsp3) is 0.500. The summed E-state index contributed by atoms with van der Waals surface area (Å²) in [7, 11) is -2.67. The second kappa shape index (κ2) is 6.89. The molecule has 1 heterocycles. The molecule has 0 aromatic heterocycles. The fourth-order valence-corrected chi connectivity index (χ4v) is 4.55. The van der Waals surface area contributed by atoms with Crippen LogP contribution in [0.2, 0.25) is 5.02 Å². The summed E-state index contributed by atoms with van der Waals surface area (Å²) in [5.74, 6) is -0.484. The Bertz CT molecular complexity index is 729. The van der Waals surface area contributed by atoms with Crippen molar-refractivity contribution in [2.45, 2.75) is 23.9 Å². The molecule has 1 aliphatic heterocycles. The number of hydrogen-bond donors (Lipinski definition) is 1. The van der Waals surface area contributed by atoms with Crippen molar-refractivity contribution in [1.82, 2.24) is 9.62 Å². The molecule has 134 valence electrons. The van der Waals surface area contributed by atoms with Gasteiger partial charge in [-0.2, -0.15) is 17.5 Å². The van der Waals surface area contributed by atoms with Crippen LogP contribution in [0.4, 0.5) is 13.2 Å². The Balaban J connectivity index is 2.27. The van der Waals surface area contributed by atoms with Crippen molar-refractivity contribution in [1.29, 1.82) is 0 Å². The number of carbonyl (C=O) groups excluding carboxylic acids is 1. The highest BCUT2D eigenvalue weighted by atomic mass is 35.5. The van der Waals surface area contributed by atoms with Gasteiger partial charge in [0.05, 0.1) is 10.6 Å². The van der Waals surface area contributed by atoms with E-state index in [1.807, 2.05) is 0 Å². The van der Waals surface area contributed by atoms with Crippen LogP contribution >= 0.6 is 11.6 Å². The molecule has 0 radical (unpaired) electrons. The molecule has 5 nitrogen and oxygen atoms in total. The SMILES string of the molecule is CNC(=O)C1CCN(S(=O)(=O)c2cc(C(F)(F)F)ccc2Cl)CC1. The largest absolute Gasteiger partial charge is 0.416 e. The van der Waals surface area contributed by atoms with Gasteiger partial charge in [0.15, 0.2) is 0 Å². The lowest BCUT2D eigenvalue weighted by Gasteiger charge is -2.30. The molecule has 1 aromatic carbocycles. The van der Waals surface area contributed by atoms with Crippen molar-refractivity contribution in [2.75, 3.05) is 20.1 Å². The smallest absolute Gasteiger partial charge is 0.359 e. The number of benzene rings is 1. The van der Waals surface area contributed by atoms with Gasteiger partial charge in [-0.15, -0.1) is 0 Å². The van der Waals surface area contributed by atoms with Gasteiger partial charge >= 0.3 is 6.18 Å². The van der Waals surface area contributed by atoms with Crippen LogP contribution in [0.3, 0.4) is 0 Å². The van der Waals surface area contributed by atoms with E-state index in [9.17, 15) is 26.4 Å². The standard InChI is InChI=1S/C14H16ClF3N2O3S/c1-19-13(21)9-4-6-20(7-5-9)24(22,23)12-8-10(14(16,17)18)2-3-11(12)15/h2-3,8-9H,4-7H2,1H3,(H,19,21). The van der Waals surface area contributed by atoms with Gasteiger partial charge in [0.25, 0.3) is 0 Å². The van der Waals surface area contributed by atoms with E-state index in [1.165, 1.54) is 7.05 Å². The zero-order valence-electron chi connectivity index (χ0n) is 12.7. The van der Waals surface area contributed by atoms with E-state index >= 15 is 0 Å². The molecule has 0 spiro atoms. The summed E-state index contributed by atoms with van der Waals surface area (Å²) in [4.78, 5) is 11.0. The number of carbonyl (C=O) groups is 1. The Hall–Kier alpha value is -1.32. The summed E-state index contributed by atoms with van der Waals surface area (Å²) < 4.78 is 64.7. The number of rotatable bonds is 3. The van der Waals surface area contributed by atoms with Crippen LogP contribution < -0.4 is 5.32 Å². The van der Waals surface area contributed by atoms with Crippen LogP contribution in [-0.4, -0.2) is 38.8 Å². The van der Waals surface area contributed by atoms with E-state index in [0.29, 0.717) is 18.9 Å². The third-order valence-corrected chi connectivity index (χ3v) is 6.33. The number of alkyl halides is 3. The first-order valence-electron chi connectivity index (χ1n) is 7.16. The van der Waals surface area contributed by atoms with Crippen LogP contribution in [0.25, 0.3) is 0 Å². The molecule has 0 bridgehead atoms. The molecule has 0 aliphatic carbocycles. The van der Waals surface area contributed by atoms with Crippen LogP contribution in [0.1, 0.15) is 18.4 Å². The molecule has 0 unspecified atom stereocenters. The molecular weight excluding hydrogens is 369 g/mol. The number of nitrogens with zero attached hydrogens (tertiary/aromatic N) is 1. The minimum absolute atomic E-state index is 0.0486. The molecule has 10 heteroatoms. The van der Waals surface area contributed by atoms with Crippen molar-refractivity contribution < 1.29 is 26.4 Å². The molecule has 0 atom stereocenters. The normalized spacial score (nSPS) is 17.7. The summed E-state index contributed by atoms with van der Waals surface area (Å²) in [5.41, 5.74) is -1.08. The number of amides is 1. The van der Waals surface area contributed by atoms with Gasteiger partial charge in [0, 0.05) is 26.1 Å². The predicted molar refractivity (Wildman–Crippen MR) is 82.0 cm³/mol.